The highest BCUT2D eigenvalue weighted by Crippen LogP contribution is 2.50. The molecule has 1 aliphatic carbocycles. The zero-order valence-corrected chi connectivity index (χ0v) is 17.5. The maximum atomic E-state index is 13.5. The van der Waals surface area contributed by atoms with E-state index in [2.05, 4.69) is 22.2 Å². The number of rotatable bonds is 5. The molecule has 0 saturated heterocycles. The highest BCUT2D eigenvalue weighted by atomic mass is 16.5. The third-order valence-electron chi connectivity index (χ3n) is 6.35. The first-order chi connectivity index (χ1) is 14.6. The first-order valence-corrected chi connectivity index (χ1v) is 10.5. The van der Waals surface area contributed by atoms with Crippen molar-refractivity contribution in [2.75, 3.05) is 6.54 Å². The van der Waals surface area contributed by atoms with Crippen molar-refractivity contribution in [3.8, 4) is 5.88 Å². The Morgan fingerprint density at radius 3 is 2.73 bits per heavy atom. The number of aryl methyl sites for hydroxylation is 2. The standard InChI is InChI=1S/C24H26N4O2/c1-17-8-12-25-22(14-17)30-16-20-19-15-28(13-9-21(19)27(2)26-20)23(29)24(10-11-24)18-6-4-3-5-7-18/h3-8,12,14H,9-11,13,15-16H2,1-2H3. The average molecular weight is 402 g/mol. The van der Waals surface area contributed by atoms with E-state index in [4.69, 9.17) is 4.74 Å². The number of fused-ring (bicyclic) bond motifs is 1. The van der Waals surface area contributed by atoms with Gasteiger partial charge in [-0.3, -0.25) is 9.48 Å². The summed E-state index contributed by atoms with van der Waals surface area (Å²) in [5.74, 6) is 0.842. The van der Waals surface area contributed by atoms with E-state index in [1.54, 1.807) is 6.20 Å². The lowest BCUT2D eigenvalue weighted by molar-refractivity contribution is -0.135. The summed E-state index contributed by atoms with van der Waals surface area (Å²) in [4.78, 5) is 19.8. The van der Waals surface area contributed by atoms with Gasteiger partial charge in [0, 0.05) is 50.1 Å². The molecule has 1 fully saturated rings. The molecule has 30 heavy (non-hydrogen) atoms. The van der Waals surface area contributed by atoms with Crippen LogP contribution < -0.4 is 4.74 Å². The predicted molar refractivity (Wildman–Crippen MR) is 113 cm³/mol. The van der Waals surface area contributed by atoms with Crippen LogP contribution in [0.5, 0.6) is 5.88 Å². The summed E-state index contributed by atoms with van der Waals surface area (Å²) < 4.78 is 7.84. The van der Waals surface area contributed by atoms with Gasteiger partial charge in [-0.25, -0.2) is 4.98 Å². The van der Waals surface area contributed by atoms with Crippen LogP contribution in [0, 0.1) is 6.92 Å². The van der Waals surface area contributed by atoms with E-state index in [0.29, 0.717) is 19.0 Å². The van der Waals surface area contributed by atoms with Crippen LogP contribution in [-0.2, 0) is 36.8 Å². The molecule has 0 spiro atoms. The van der Waals surface area contributed by atoms with E-state index in [1.165, 1.54) is 5.69 Å². The minimum Gasteiger partial charge on any atom is -0.471 e. The van der Waals surface area contributed by atoms with Gasteiger partial charge in [-0.2, -0.15) is 5.10 Å². The molecule has 3 heterocycles. The van der Waals surface area contributed by atoms with Gasteiger partial charge in [-0.15, -0.1) is 0 Å². The molecule has 6 heteroatoms. The summed E-state index contributed by atoms with van der Waals surface area (Å²) in [5, 5.41) is 4.69. The van der Waals surface area contributed by atoms with Crippen LogP contribution in [0.4, 0.5) is 0 Å². The van der Waals surface area contributed by atoms with Crippen molar-refractivity contribution >= 4 is 5.91 Å². The highest BCUT2D eigenvalue weighted by molar-refractivity contribution is 5.91. The highest BCUT2D eigenvalue weighted by Gasteiger charge is 2.53. The van der Waals surface area contributed by atoms with Crippen molar-refractivity contribution < 1.29 is 9.53 Å². The van der Waals surface area contributed by atoms with Gasteiger partial charge in [0.25, 0.3) is 0 Å². The Bertz CT molecular complexity index is 1090. The van der Waals surface area contributed by atoms with Crippen LogP contribution in [0.1, 0.15) is 40.9 Å². The van der Waals surface area contributed by atoms with Crippen molar-refractivity contribution in [1.29, 1.82) is 0 Å². The number of aromatic nitrogens is 3. The maximum absolute atomic E-state index is 13.5. The first-order valence-electron chi connectivity index (χ1n) is 10.5. The van der Waals surface area contributed by atoms with Gasteiger partial charge >= 0.3 is 0 Å². The van der Waals surface area contributed by atoms with Crippen molar-refractivity contribution in [3.05, 3.63) is 76.7 Å². The molecular weight excluding hydrogens is 376 g/mol. The van der Waals surface area contributed by atoms with Crippen molar-refractivity contribution in [3.63, 3.8) is 0 Å². The Morgan fingerprint density at radius 1 is 1.20 bits per heavy atom. The molecule has 0 unspecified atom stereocenters. The van der Waals surface area contributed by atoms with Crippen LogP contribution in [0.3, 0.4) is 0 Å². The van der Waals surface area contributed by atoms with Crippen molar-refractivity contribution in [1.82, 2.24) is 19.7 Å². The summed E-state index contributed by atoms with van der Waals surface area (Å²) in [6, 6.07) is 14.1. The Labute approximate surface area is 176 Å². The fourth-order valence-corrected chi connectivity index (χ4v) is 4.50. The van der Waals surface area contributed by atoms with Gasteiger partial charge < -0.3 is 9.64 Å². The van der Waals surface area contributed by atoms with Gasteiger partial charge in [0.1, 0.15) is 12.3 Å². The topological polar surface area (TPSA) is 60.3 Å². The number of benzene rings is 1. The quantitative estimate of drug-likeness (QED) is 0.657. The van der Waals surface area contributed by atoms with E-state index < -0.39 is 0 Å². The van der Waals surface area contributed by atoms with Crippen molar-refractivity contribution in [2.24, 2.45) is 7.05 Å². The number of carbonyl (C=O) groups excluding carboxylic acids is 1. The Kier molecular flexibility index (Phi) is 4.57. The summed E-state index contributed by atoms with van der Waals surface area (Å²) in [7, 11) is 1.97. The lowest BCUT2D eigenvalue weighted by Gasteiger charge is -2.31. The van der Waals surface area contributed by atoms with E-state index in [9.17, 15) is 4.79 Å². The van der Waals surface area contributed by atoms with Gasteiger partial charge in [-0.05, 0) is 37.0 Å². The molecule has 2 aromatic heterocycles. The van der Waals surface area contributed by atoms with Crippen LogP contribution in [0.15, 0.2) is 48.7 Å². The normalized spacial score (nSPS) is 16.8. The third-order valence-corrected chi connectivity index (χ3v) is 6.35. The molecule has 154 valence electrons. The maximum Gasteiger partial charge on any atom is 0.233 e. The van der Waals surface area contributed by atoms with Crippen LogP contribution >= 0.6 is 0 Å². The number of carbonyl (C=O) groups is 1. The summed E-state index contributed by atoms with van der Waals surface area (Å²) in [6.07, 6.45) is 4.43. The Balaban J connectivity index is 1.35. The minimum absolute atomic E-state index is 0.246. The van der Waals surface area contributed by atoms with E-state index in [0.717, 1.165) is 48.2 Å². The average Bonchev–Trinajstić information content (AvgIpc) is 3.52. The van der Waals surface area contributed by atoms with Gasteiger partial charge in [-0.1, -0.05) is 30.3 Å². The molecule has 1 saturated carbocycles. The van der Waals surface area contributed by atoms with E-state index in [-0.39, 0.29) is 11.3 Å². The monoisotopic (exact) mass is 402 g/mol. The summed E-state index contributed by atoms with van der Waals surface area (Å²) >= 11 is 0. The summed E-state index contributed by atoms with van der Waals surface area (Å²) in [6.45, 7) is 3.70. The molecule has 6 nitrogen and oxygen atoms in total. The van der Waals surface area contributed by atoms with Crippen LogP contribution in [0.25, 0.3) is 0 Å². The van der Waals surface area contributed by atoms with Crippen molar-refractivity contribution in [2.45, 2.75) is 44.8 Å². The van der Waals surface area contributed by atoms with E-state index >= 15 is 0 Å². The first kappa shape index (κ1) is 18.9. The smallest absolute Gasteiger partial charge is 0.233 e. The zero-order valence-electron chi connectivity index (χ0n) is 17.5. The van der Waals surface area contributed by atoms with Gasteiger partial charge in [0.2, 0.25) is 11.8 Å². The predicted octanol–water partition coefficient (Wildman–Crippen LogP) is 3.32. The molecule has 0 bridgehead atoms. The Hall–Kier alpha value is -3.15. The van der Waals surface area contributed by atoms with E-state index in [1.807, 2.05) is 53.9 Å². The minimum atomic E-state index is -0.330. The number of pyridine rings is 1. The SMILES string of the molecule is Cc1ccnc(OCc2nn(C)c3c2CN(C(=O)C2(c4ccccc4)CC2)CC3)c1. The molecule has 2 aliphatic rings. The number of hydrogen-bond acceptors (Lipinski definition) is 4. The second-order valence-electron chi connectivity index (χ2n) is 8.38. The van der Waals surface area contributed by atoms with Gasteiger partial charge in [0.05, 0.1) is 5.41 Å². The molecule has 0 N–H and O–H groups in total. The molecule has 1 amide bonds. The fourth-order valence-electron chi connectivity index (χ4n) is 4.50. The lowest BCUT2D eigenvalue weighted by atomic mass is 9.93. The third kappa shape index (κ3) is 3.26. The second-order valence-corrected chi connectivity index (χ2v) is 8.38. The number of hydrogen-bond donors (Lipinski definition) is 0. The lowest BCUT2D eigenvalue weighted by Crippen LogP contribution is -2.42. The number of ether oxygens (including phenoxy) is 1. The summed E-state index contributed by atoms with van der Waals surface area (Å²) in [5.41, 5.74) is 5.12. The second kappa shape index (κ2) is 7.27. The number of amides is 1. The molecule has 0 atom stereocenters. The number of nitrogens with zero attached hydrogens (tertiary/aromatic N) is 4. The molecule has 5 rings (SSSR count). The molecule has 1 aromatic carbocycles. The molecular formula is C24H26N4O2. The molecule has 0 radical (unpaired) electrons. The molecule has 3 aromatic rings. The van der Waals surface area contributed by atoms with Crippen LogP contribution in [-0.4, -0.2) is 32.1 Å². The fraction of sp³-hybridized carbons (Fsp3) is 0.375. The van der Waals surface area contributed by atoms with Crippen LogP contribution in [0.2, 0.25) is 0 Å². The van der Waals surface area contributed by atoms with Gasteiger partial charge in [0.15, 0.2) is 0 Å². The Morgan fingerprint density at radius 2 is 2.00 bits per heavy atom. The molecule has 1 aliphatic heterocycles. The zero-order chi connectivity index (χ0) is 20.7. The largest absolute Gasteiger partial charge is 0.471 e.